The molecule has 0 aromatic rings. The number of hydrogen-bond donors (Lipinski definition) is 2. The molecule has 1 saturated heterocycles. The van der Waals surface area contributed by atoms with Crippen LogP contribution < -0.4 is 11.1 Å². The van der Waals surface area contributed by atoms with E-state index in [4.69, 9.17) is 10.5 Å². The number of rotatable bonds is 5. The Balaban J connectivity index is 1.90. The number of ether oxygens (including phenoxy) is 2. The molecule has 1 amide bonds. The van der Waals surface area contributed by atoms with Crippen molar-refractivity contribution in [3.05, 3.63) is 0 Å². The molecular formula is C9H18N2O3. The molecule has 82 valence electrons. The summed E-state index contributed by atoms with van der Waals surface area (Å²) in [5.74, 6) is 0. The third kappa shape index (κ3) is 5.04. The van der Waals surface area contributed by atoms with Gasteiger partial charge in [0.05, 0.1) is 6.10 Å². The Morgan fingerprint density at radius 1 is 1.57 bits per heavy atom. The summed E-state index contributed by atoms with van der Waals surface area (Å²) in [6.07, 6.45) is 3.12. The van der Waals surface area contributed by atoms with E-state index in [9.17, 15) is 4.79 Å². The Morgan fingerprint density at radius 2 is 2.43 bits per heavy atom. The maximum atomic E-state index is 10.2. The van der Waals surface area contributed by atoms with Gasteiger partial charge in [0, 0.05) is 19.7 Å². The van der Waals surface area contributed by atoms with Gasteiger partial charge < -0.3 is 20.5 Å². The van der Waals surface area contributed by atoms with Crippen molar-refractivity contribution in [1.29, 1.82) is 0 Å². The zero-order chi connectivity index (χ0) is 10.2. The molecule has 5 heteroatoms. The molecule has 0 spiro atoms. The smallest absolute Gasteiger partial charge is 0.404 e. The molecule has 1 atom stereocenters. The highest BCUT2D eigenvalue weighted by Gasteiger charge is 2.12. The van der Waals surface area contributed by atoms with Crippen molar-refractivity contribution in [2.24, 2.45) is 5.73 Å². The Morgan fingerprint density at radius 3 is 3.07 bits per heavy atom. The Labute approximate surface area is 83.9 Å². The standard InChI is InChI=1S/C9H18N2O3/c10-9(12)14-6-4-11-7-8-3-1-2-5-13-8/h8,11H,1-7H2,(H2,10,12). The maximum Gasteiger partial charge on any atom is 0.404 e. The van der Waals surface area contributed by atoms with Gasteiger partial charge in [-0.25, -0.2) is 4.79 Å². The molecule has 0 saturated carbocycles. The first-order chi connectivity index (χ1) is 6.79. The van der Waals surface area contributed by atoms with E-state index >= 15 is 0 Å². The largest absolute Gasteiger partial charge is 0.448 e. The monoisotopic (exact) mass is 202 g/mol. The van der Waals surface area contributed by atoms with Crippen LogP contribution in [0.15, 0.2) is 0 Å². The Bertz CT molecular complexity index is 169. The summed E-state index contributed by atoms with van der Waals surface area (Å²) < 4.78 is 10.1. The molecule has 0 aromatic carbocycles. The number of hydrogen-bond acceptors (Lipinski definition) is 4. The van der Waals surface area contributed by atoms with Crippen molar-refractivity contribution < 1.29 is 14.3 Å². The molecule has 0 radical (unpaired) electrons. The third-order valence-corrected chi connectivity index (χ3v) is 2.17. The minimum absolute atomic E-state index is 0.317. The molecule has 3 N–H and O–H groups in total. The van der Waals surface area contributed by atoms with Gasteiger partial charge in [-0.1, -0.05) is 0 Å². The average molecular weight is 202 g/mol. The number of primary amides is 1. The summed E-state index contributed by atoms with van der Waals surface area (Å²) in [6.45, 7) is 2.64. The first kappa shape index (κ1) is 11.3. The molecule has 14 heavy (non-hydrogen) atoms. The van der Waals surface area contributed by atoms with Crippen LogP contribution >= 0.6 is 0 Å². The van der Waals surface area contributed by atoms with Crippen molar-refractivity contribution in [1.82, 2.24) is 5.32 Å². The molecule has 1 heterocycles. The Hall–Kier alpha value is -0.810. The highest BCUT2D eigenvalue weighted by Crippen LogP contribution is 2.11. The fourth-order valence-electron chi connectivity index (χ4n) is 1.46. The van der Waals surface area contributed by atoms with E-state index in [1.807, 2.05) is 0 Å². The third-order valence-electron chi connectivity index (χ3n) is 2.17. The predicted octanol–water partition coefficient (Wildman–Crippen LogP) is 0.240. The van der Waals surface area contributed by atoms with Crippen LogP contribution in [0.5, 0.6) is 0 Å². The van der Waals surface area contributed by atoms with E-state index in [2.05, 4.69) is 10.1 Å². The quantitative estimate of drug-likeness (QED) is 0.626. The van der Waals surface area contributed by atoms with Gasteiger partial charge in [-0.15, -0.1) is 0 Å². The molecule has 0 bridgehead atoms. The van der Waals surface area contributed by atoms with Crippen LogP contribution in [0, 0.1) is 0 Å². The highest BCUT2D eigenvalue weighted by atomic mass is 16.5. The van der Waals surface area contributed by atoms with Gasteiger partial charge in [-0.2, -0.15) is 0 Å². The summed E-state index contributed by atoms with van der Waals surface area (Å²) in [7, 11) is 0. The molecule has 0 aromatic heterocycles. The van der Waals surface area contributed by atoms with Gasteiger partial charge in [0.15, 0.2) is 0 Å². The van der Waals surface area contributed by atoms with Crippen LogP contribution in [0.25, 0.3) is 0 Å². The van der Waals surface area contributed by atoms with Gasteiger partial charge in [0.1, 0.15) is 6.61 Å². The fraction of sp³-hybridized carbons (Fsp3) is 0.889. The van der Waals surface area contributed by atoms with Gasteiger partial charge in [0.2, 0.25) is 0 Å². The lowest BCUT2D eigenvalue weighted by Gasteiger charge is -2.22. The SMILES string of the molecule is NC(=O)OCCNCC1CCCCO1. The lowest BCUT2D eigenvalue weighted by atomic mass is 10.1. The molecule has 0 aliphatic carbocycles. The van der Waals surface area contributed by atoms with E-state index < -0.39 is 6.09 Å². The Kier molecular flexibility index (Phi) is 5.32. The van der Waals surface area contributed by atoms with Crippen LogP contribution in [0.2, 0.25) is 0 Å². The molecule has 1 unspecified atom stereocenters. The number of carbonyl (C=O) groups excluding carboxylic acids is 1. The average Bonchev–Trinajstić information content (AvgIpc) is 2.18. The first-order valence-corrected chi connectivity index (χ1v) is 5.03. The number of amides is 1. The topological polar surface area (TPSA) is 73.6 Å². The molecule has 1 rings (SSSR count). The zero-order valence-electron chi connectivity index (χ0n) is 8.33. The van der Waals surface area contributed by atoms with Crippen LogP contribution in [-0.4, -0.2) is 38.5 Å². The second kappa shape index (κ2) is 6.62. The van der Waals surface area contributed by atoms with Crippen molar-refractivity contribution >= 4 is 6.09 Å². The van der Waals surface area contributed by atoms with Gasteiger partial charge in [0.25, 0.3) is 0 Å². The molecule has 1 fully saturated rings. The minimum Gasteiger partial charge on any atom is -0.448 e. The lowest BCUT2D eigenvalue weighted by molar-refractivity contribution is 0.0164. The zero-order valence-corrected chi connectivity index (χ0v) is 8.33. The summed E-state index contributed by atoms with van der Waals surface area (Å²) in [6, 6.07) is 0. The van der Waals surface area contributed by atoms with Crippen LogP contribution in [-0.2, 0) is 9.47 Å². The molecular weight excluding hydrogens is 184 g/mol. The van der Waals surface area contributed by atoms with Gasteiger partial charge >= 0.3 is 6.09 Å². The van der Waals surface area contributed by atoms with Crippen molar-refractivity contribution in [2.75, 3.05) is 26.3 Å². The normalized spacial score (nSPS) is 21.9. The van der Waals surface area contributed by atoms with E-state index in [0.717, 1.165) is 19.6 Å². The van der Waals surface area contributed by atoms with Crippen molar-refractivity contribution in [2.45, 2.75) is 25.4 Å². The highest BCUT2D eigenvalue weighted by molar-refractivity contribution is 5.64. The molecule has 1 aliphatic rings. The second-order valence-corrected chi connectivity index (χ2v) is 3.36. The minimum atomic E-state index is -0.722. The molecule has 1 aliphatic heterocycles. The maximum absolute atomic E-state index is 10.2. The van der Waals surface area contributed by atoms with Gasteiger partial charge in [-0.3, -0.25) is 0 Å². The first-order valence-electron chi connectivity index (χ1n) is 5.03. The summed E-state index contributed by atoms with van der Waals surface area (Å²) in [5.41, 5.74) is 4.80. The van der Waals surface area contributed by atoms with E-state index in [1.165, 1.54) is 12.8 Å². The number of carbonyl (C=O) groups is 1. The number of nitrogens with one attached hydrogen (secondary N) is 1. The number of nitrogens with two attached hydrogens (primary N) is 1. The van der Waals surface area contributed by atoms with E-state index in [0.29, 0.717) is 19.3 Å². The summed E-state index contributed by atoms with van der Waals surface area (Å²) >= 11 is 0. The van der Waals surface area contributed by atoms with Crippen LogP contribution in [0.4, 0.5) is 4.79 Å². The predicted molar refractivity (Wildman–Crippen MR) is 52.0 cm³/mol. The lowest BCUT2D eigenvalue weighted by Crippen LogP contribution is -2.34. The van der Waals surface area contributed by atoms with E-state index in [1.54, 1.807) is 0 Å². The summed E-state index contributed by atoms with van der Waals surface area (Å²) in [5, 5.41) is 3.15. The fourth-order valence-corrected chi connectivity index (χ4v) is 1.46. The van der Waals surface area contributed by atoms with Crippen molar-refractivity contribution in [3.63, 3.8) is 0 Å². The second-order valence-electron chi connectivity index (χ2n) is 3.36. The van der Waals surface area contributed by atoms with E-state index in [-0.39, 0.29) is 0 Å². The van der Waals surface area contributed by atoms with Crippen LogP contribution in [0.3, 0.4) is 0 Å². The van der Waals surface area contributed by atoms with Crippen LogP contribution in [0.1, 0.15) is 19.3 Å². The summed E-state index contributed by atoms with van der Waals surface area (Å²) in [4.78, 5) is 10.2. The van der Waals surface area contributed by atoms with Gasteiger partial charge in [-0.05, 0) is 19.3 Å². The van der Waals surface area contributed by atoms with Crippen molar-refractivity contribution in [3.8, 4) is 0 Å². The molecule has 5 nitrogen and oxygen atoms in total.